The third-order valence-corrected chi connectivity index (χ3v) is 5.53. The fraction of sp³-hybridized carbons (Fsp3) is 0.476. The first-order chi connectivity index (χ1) is 14.5. The predicted octanol–water partition coefficient (Wildman–Crippen LogP) is 2.76. The fourth-order valence-corrected chi connectivity index (χ4v) is 3.96. The molecule has 0 unspecified atom stereocenters. The van der Waals surface area contributed by atoms with E-state index in [0.29, 0.717) is 61.4 Å². The quantitative estimate of drug-likeness (QED) is 0.796. The van der Waals surface area contributed by atoms with Gasteiger partial charge in [-0.3, -0.25) is 9.59 Å². The molecule has 0 spiro atoms. The van der Waals surface area contributed by atoms with Crippen molar-refractivity contribution in [2.45, 2.75) is 38.6 Å². The maximum atomic E-state index is 12.8. The number of nitrogens with zero attached hydrogens (tertiary/aromatic N) is 2. The van der Waals surface area contributed by atoms with Crippen molar-refractivity contribution < 1.29 is 23.6 Å². The highest BCUT2D eigenvalue weighted by Crippen LogP contribution is 2.38. The van der Waals surface area contributed by atoms with Crippen LogP contribution in [-0.2, 0) is 11.2 Å². The molecule has 2 aliphatic heterocycles. The first-order valence-corrected chi connectivity index (χ1v) is 10.5. The van der Waals surface area contributed by atoms with E-state index in [2.05, 4.69) is 10.5 Å². The number of halogens is 1. The Bertz CT molecular complexity index is 937. The van der Waals surface area contributed by atoms with Gasteiger partial charge in [0.15, 0.2) is 11.5 Å². The Hall–Kier alpha value is -2.74. The van der Waals surface area contributed by atoms with E-state index in [-0.39, 0.29) is 30.0 Å². The number of ether oxygens (including phenoxy) is 2. The number of nitrogens with one attached hydrogen (secondary N) is 1. The molecule has 8 nitrogen and oxygen atoms in total. The Morgan fingerprint density at radius 3 is 2.70 bits per heavy atom. The molecule has 1 N–H and O–H groups in total. The lowest BCUT2D eigenvalue weighted by Crippen LogP contribution is -2.46. The molecule has 1 saturated heterocycles. The number of carbonyl (C=O) groups is 2. The third kappa shape index (κ3) is 4.70. The van der Waals surface area contributed by atoms with Crippen molar-refractivity contribution in [2.75, 3.05) is 26.3 Å². The number of hydrogen-bond donors (Lipinski definition) is 1. The van der Waals surface area contributed by atoms with Gasteiger partial charge in [0, 0.05) is 31.6 Å². The van der Waals surface area contributed by atoms with E-state index in [1.807, 2.05) is 11.0 Å². The Kier molecular flexibility index (Phi) is 6.13. The van der Waals surface area contributed by atoms with Gasteiger partial charge in [-0.2, -0.15) is 0 Å². The predicted molar refractivity (Wildman–Crippen MR) is 109 cm³/mol. The van der Waals surface area contributed by atoms with Crippen molar-refractivity contribution in [2.24, 2.45) is 0 Å². The fourth-order valence-electron chi connectivity index (χ4n) is 3.67. The highest BCUT2D eigenvalue weighted by atomic mass is 35.5. The van der Waals surface area contributed by atoms with E-state index in [9.17, 15) is 9.59 Å². The summed E-state index contributed by atoms with van der Waals surface area (Å²) < 4.78 is 16.3. The second-order valence-electron chi connectivity index (χ2n) is 7.59. The van der Waals surface area contributed by atoms with Gasteiger partial charge in [-0.05, 0) is 37.5 Å². The summed E-state index contributed by atoms with van der Waals surface area (Å²) in [6.45, 7) is 4.05. The van der Waals surface area contributed by atoms with Gasteiger partial charge in [0.25, 0.3) is 5.91 Å². The van der Waals surface area contributed by atoms with E-state index in [4.69, 9.17) is 25.6 Å². The lowest BCUT2D eigenvalue weighted by Gasteiger charge is -2.32. The molecule has 2 aromatic rings. The maximum absolute atomic E-state index is 12.8. The minimum atomic E-state index is -0.276. The molecule has 0 saturated carbocycles. The van der Waals surface area contributed by atoms with Gasteiger partial charge >= 0.3 is 0 Å². The molecule has 1 aromatic heterocycles. The molecule has 0 radical (unpaired) electrons. The van der Waals surface area contributed by atoms with Gasteiger partial charge in [0.1, 0.15) is 0 Å². The lowest BCUT2D eigenvalue weighted by molar-refractivity contribution is -0.131. The number of amides is 2. The Morgan fingerprint density at radius 2 is 1.97 bits per heavy atom. The summed E-state index contributed by atoms with van der Waals surface area (Å²) in [4.78, 5) is 26.8. The van der Waals surface area contributed by atoms with Crippen LogP contribution in [0.3, 0.4) is 0 Å². The van der Waals surface area contributed by atoms with Crippen LogP contribution in [0.4, 0.5) is 0 Å². The van der Waals surface area contributed by atoms with Crippen molar-refractivity contribution in [3.8, 4) is 11.5 Å². The van der Waals surface area contributed by atoms with E-state index in [1.165, 1.54) is 0 Å². The van der Waals surface area contributed by atoms with Crippen molar-refractivity contribution in [1.29, 1.82) is 0 Å². The zero-order valence-electron chi connectivity index (χ0n) is 16.8. The molecular formula is C21H24ClN3O5. The molecule has 0 bridgehead atoms. The Labute approximate surface area is 179 Å². The third-order valence-electron chi connectivity index (χ3n) is 5.25. The van der Waals surface area contributed by atoms with Gasteiger partial charge in [0.05, 0.1) is 30.4 Å². The zero-order valence-corrected chi connectivity index (χ0v) is 17.5. The smallest absolute Gasteiger partial charge is 0.290 e. The summed E-state index contributed by atoms with van der Waals surface area (Å²) in [7, 11) is 0. The van der Waals surface area contributed by atoms with Crippen LogP contribution in [-0.4, -0.2) is 54.2 Å². The number of fused-ring (bicyclic) bond motifs is 1. The molecule has 2 aliphatic rings. The van der Waals surface area contributed by atoms with E-state index in [0.717, 1.165) is 12.0 Å². The molecule has 1 fully saturated rings. The number of rotatable bonds is 4. The van der Waals surface area contributed by atoms with Crippen LogP contribution in [0, 0.1) is 6.92 Å². The summed E-state index contributed by atoms with van der Waals surface area (Å²) in [6.07, 6.45) is 2.41. The number of hydrogen-bond acceptors (Lipinski definition) is 6. The average molecular weight is 434 g/mol. The highest BCUT2D eigenvalue weighted by Gasteiger charge is 2.26. The average Bonchev–Trinajstić information content (AvgIpc) is 3.02. The normalized spacial score (nSPS) is 16.8. The number of piperidine rings is 1. The molecule has 2 amide bonds. The van der Waals surface area contributed by atoms with Crippen LogP contribution < -0.4 is 14.8 Å². The minimum Gasteiger partial charge on any atom is -0.489 e. The van der Waals surface area contributed by atoms with Crippen LogP contribution in [0.5, 0.6) is 11.5 Å². The standard InChI is InChI=1S/C21H24ClN3O5/c1-13-9-18(30-24-13)21(27)23-15-3-5-25(6-4-15)19(26)12-14-10-16(22)20-17(11-14)28-7-2-8-29-20/h9-11,15H,2-8,12H2,1H3,(H,23,27). The second-order valence-corrected chi connectivity index (χ2v) is 8.00. The van der Waals surface area contributed by atoms with Crippen LogP contribution in [0.25, 0.3) is 0 Å². The second kappa shape index (κ2) is 8.95. The summed E-state index contributed by atoms with van der Waals surface area (Å²) in [6, 6.07) is 5.20. The zero-order chi connectivity index (χ0) is 21.1. The Balaban J connectivity index is 1.31. The first kappa shape index (κ1) is 20.5. The molecule has 0 atom stereocenters. The number of aryl methyl sites for hydroxylation is 1. The molecule has 1 aromatic carbocycles. The van der Waals surface area contributed by atoms with Crippen molar-refractivity contribution in [3.05, 3.63) is 40.2 Å². The van der Waals surface area contributed by atoms with Crippen LogP contribution in [0.15, 0.2) is 22.7 Å². The number of carbonyl (C=O) groups excluding carboxylic acids is 2. The minimum absolute atomic E-state index is 0.000515. The molecule has 9 heteroatoms. The van der Waals surface area contributed by atoms with E-state index in [1.54, 1.807) is 19.1 Å². The first-order valence-electron chi connectivity index (χ1n) is 10.1. The molecular weight excluding hydrogens is 410 g/mol. The Morgan fingerprint density at radius 1 is 1.20 bits per heavy atom. The molecule has 30 heavy (non-hydrogen) atoms. The lowest BCUT2D eigenvalue weighted by atomic mass is 10.0. The van der Waals surface area contributed by atoms with E-state index >= 15 is 0 Å². The largest absolute Gasteiger partial charge is 0.489 e. The highest BCUT2D eigenvalue weighted by molar-refractivity contribution is 6.32. The summed E-state index contributed by atoms with van der Waals surface area (Å²) >= 11 is 6.33. The number of aromatic nitrogens is 1. The monoisotopic (exact) mass is 433 g/mol. The maximum Gasteiger partial charge on any atom is 0.290 e. The number of benzene rings is 1. The number of likely N-dealkylation sites (tertiary alicyclic amines) is 1. The van der Waals surface area contributed by atoms with Gasteiger partial charge in [0.2, 0.25) is 11.7 Å². The summed E-state index contributed by atoms with van der Waals surface area (Å²) in [5.41, 5.74) is 1.46. The van der Waals surface area contributed by atoms with Gasteiger partial charge in [-0.25, -0.2) is 0 Å². The van der Waals surface area contributed by atoms with Gasteiger partial charge in [-0.15, -0.1) is 0 Å². The molecule has 4 rings (SSSR count). The van der Waals surface area contributed by atoms with Crippen LogP contribution >= 0.6 is 11.6 Å². The molecule has 160 valence electrons. The van der Waals surface area contributed by atoms with Crippen LogP contribution in [0.2, 0.25) is 5.02 Å². The van der Waals surface area contributed by atoms with Crippen molar-refractivity contribution in [3.63, 3.8) is 0 Å². The molecule has 3 heterocycles. The summed E-state index contributed by atoms with van der Waals surface area (Å²) in [5.74, 6) is 1.09. The SMILES string of the molecule is Cc1cc(C(=O)NC2CCN(C(=O)Cc3cc(Cl)c4c(c3)OCCCO4)CC2)on1. The van der Waals surface area contributed by atoms with Crippen LogP contribution in [0.1, 0.15) is 41.1 Å². The van der Waals surface area contributed by atoms with Gasteiger partial charge < -0.3 is 24.2 Å². The van der Waals surface area contributed by atoms with Gasteiger partial charge in [-0.1, -0.05) is 16.8 Å². The topological polar surface area (TPSA) is 93.9 Å². The van der Waals surface area contributed by atoms with Crippen molar-refractivity contribution >= 4 is 23.4 Å². The summed E-state index contributed by atoms with van der Waals surface area (Å²) in [5, 5.41) is 7.14. The van der Waals surface area contributed by atoms with Crippen molar-refractivity contribution in [1.82, 2.24) is 15.4 Å². The molecule has 0 aliphatic carbocycles. The van der Waals surface area contributed by atoms with E-state index < -0.39 is 0 Å².